The Morgan fingerprint density at radius 2 is 1.00 bits per heavy atom. The van der Waals surface area contributed by atoms with Crippen molar-refractivity contribution in [1.82, 2.24) is 13.0 Å². The Morgan fingerprint density at radius 3 is 1.20 bits per heavy atom. The fourth-order valence-electron chi connectivity index (χ4n) is 1.67. The highest BCUT2D eigenvalue weighted by Gasteiger charge is 2.36. The van der Waals surface area contributed by atoms with E-state index >= 15 is 0 Å². The van der Waals surface area contributed by atoms with Crippen LogP contribution in [0.3, 0.4) is 0 Å². The van der Waals surface area contributed by atoms with Gasteiger partial charge in [0.15, 0.2) is 0 Å². The molecule has 0 bridgehead atoms. The van der Waals surface area contributed by atoms with Crippen LogP contribution in [0, 0.1) is 0 Å². The van der Waals surface area contributed by atoms with Crippen LogP contribution in [0.4, 0.5) is 0 Å². The van der Waals surface area contributed by atoms with E-state index in [1.807, 2.05) is 0 Å². The summed E-state index contributed by atoms with van der Waals surface area (Å²) in [5, 5.41) is 0. The quantitative estimate of drug-likeness (QED) is 0.624. The van der Waals surface area contributed by atoms with E-state index in [0.717, 1.165) is 37.4 Å². The minimum atomic E-state index is -4.21. The first-order chi connectivity index (χ1) is 9.55. The van der Waals surface area contributed by atoms with E-state index in [2.05, 4.69) is 13.3 Å². The lowest BCUT2D eigenvalue weighted by Gasteiger charge is -2.16. The Hall–Kier alpha value is -2.74. The van der Waals surface area contributed by atoms with Crippen LogP contribution in [0.5, 0.6) is 0 Å². The first kappa shape index (κ1) is 12.3. The highest BCUT2D eigenvalue weighted by Crippen LogP contribution is 2.46. The van der Waals surface area contributed by atoms with Gasteiger partial charge in [0.1, 0.15) is 18.8 Å². The molecule has 3 heterocycles. The molecule has 0 aliphatic rings. The van der Waals surface area contributed by atoms with Crippen LogP contribution in [0.25, 0.3) is 0 Å². The van der Waals surface area contributed by atoms with Crippen molar-refractivity contribution >= 4 is 7.59 Å². The summed E-state index contributed by atoms with van der Waals surface area (Å²) in [6.45, 7) is 0. The van der Waals surface area contributed by atoms with Crippen LogP contribution in [0.1, 0.15) is 0 Å². The number of hydrogen-bond donors (Lipinski definition) is 0. The second-order valence-electron chi connectivity index (χ2n) is 3.55. The van der Waals surface area contributed by atoms with E-state index in [9.17, 15) is 18.9 Å². The molecule has 0 fully saturated rings. The van der Waals surface area contributed by atoms with Crippen molar-refractivity contribution in [2.24, 2.45) is 0 Å². The number of rotatable bonds is 3. The summed E-state index contributed by atoms with van der Waals surface area (Å²) >= 11 is 0. The normalized spacial score (nSPS) is 11.8. The highest BCUT2D eigenvalue weighted by molar-refractivity contribution is 7.59. The van der Waals surface area contributed by atoms with Crippen molar-refractivity contribution in [1.29, 1.82) is 0 Å². The molecule has 0 N–H and O–H groups in total. The van der Waals surface area contributed by atoms with Crippen LogP contribution in [-0.2, 0) is 4.57 Å². The average Bonchev–Trinajstić information content (AvgIpc) is 3.10. The van der Waals surface area contributed by atoms with Crippen LogP contribution < -0.4 is 17.3 Å². The predicted molar refractivity (Wildman–Crippen MR) is 62.7 cm³/mol. The van der Waals surface area contributed by atoms with Crippen LogP contribution in [0.15, 0.2) is 65.0 Å². The van der Waals surface area contributed by atoms with E-state index in [-0.39, 0.29) is 0 Å². The summed E-state index contributed by atoms with van der Waals surface area (Å²) in [6, 6.07) is 0. The topological polar surface area (TPSA) is 122 Å². The van der Waals surface area contributed by atoms with Gasteiger partial charge in [-0.3, -0.25) is 0 Å². The van der Waals surface area contributed by atoms with Crippen molar-refractivity contribution in [2.45, 2.75) is 0 Å². The van der Waals surface area contributed by atoms with Gasteiger partial charge in [-0.2, -0.15) is 13.0 Å². The van der Waals surface area contributed by atoms with Crippen molar-refractivity contribution in [3.8, 4) is 0 Å². The Kier molecular flexibility index (Phi) is 2.54. The molecule has 11 heteroatoms. The van der Waals surface area contributed by atoms with Gasteiger partial charge in [0, 0.05) is 0 Å². The monoisotopic (exact) mass is 299 g/mol. The lowest BCUT2D eigenvalue weighted by molar-refractivity contribution is 0.477. The summed E-state index contributed by atoms with van der Waals surface area (Å²) in [6.07, 6.45) is 6.06. The zero-order valence-electron chi connectivity index (χ0n) is 9.61. The van der Waals surface area contributed by atoms with Gasteiger partial charge in [-0.1, -0.05) is 0 Å². The Balaban J connectivity index is 2.45. The second kappa shape index (κ2) is 4.14. The molecule has 0 aliphatic heterocycles. The Labute approximate surface area is 108 Å². The van der Waals surface area contributed by atoms with Gasteiger partial charge in [-0.15, -0.1) is 0 Å². The number of oxazole rings is 3. The lowest BCUT2D eigenvalue weighted by atomic mass is 11.0. The Bertz CT molecular complexity index is 840. The smallest absolute Gasteiger partial charge is 0.416 e. The van der Waals surface area contributed by atoms with E-state index in [1.54, 1.807) is 0 Å². The van der Waals surface area contributed by atoms with Crippen molar-refractivity contribution in [3.05, 3.63) is 69.0 Å². The molecule has 3 aromatic rings. The third-order valence-corrected chi connectivity index (χ3v) is 5.09. The molecule has 0 aliphatic carbocycles. The maximum Gasteiger partial charge on any atom is 0.427 e. The predicted octanol–water partition coefficient (Wildman–Crippen LogP) is 0.00350. The van der Waals surface area contributed by atoms with Crippen molar-refractivity contribution in [2.75, 3.05) is 0 Å². The minimum Gasteiger partial charge on any atom is -0.416 e. The summed E-state index contributed by atoms with van der Waals surface area (Å²) in [5.74, 6) is -3.02. The number of nitrogens with zero attached hydrogens (tertiary/aromatic N) is 3. The molecule has 20 heavy (non-hydrogen) atoms. The van der Waals surface area contributed by atoms with Gasteiger partial charge in [0.2, 0.25) is 0 Å². The second-order valence-corrected chi connectivity index (χ2v) is 5.87. The lowest BCUT2D eigenvalue weighted by Crippen LogP contribution is -2.29. The average molecular weight is 299 g/mol. The molecule has 0 amide bonds. The van der Waals surface area contributed by atoms with Gasteiger partial charge in [-0.05, 0) is 0 Å². The fourth-order valence-corrected chi connectivity index (χ4v) is 3.76. The molecule has 104 valence electrons. The maximum absolute atomic E-state index is 13.2. The molecule has 0 saturated carbocycles. The van der Waals surface area contributed by atoms with Gasteiger partial charge in [0.05, 0.1) is 18.6 Å². The number of aromatic nitrogens is 3. The van der Waals surface area contributed by atoms with Gasteiger partial charge < -0.3 is 13.3 Å². The molecular weight excluding hydrogens is 293 g/mol. The minimum absolute atomic E-state index is 0.626. The summed E-state index contributed by atoms with van der Waals surface area (Å²) in [5.41, 5.74) is 0. The molecule has 0 radical (unpaired) electrons. The first-order valence-electron chi connectivity index (χ1n) is 5.16. The SMILES string of the molecule is O=c1occn1P(=O)(n1ccoc1=O)n1ccoc1=O. The van der Waals surface area contributed by atoms with Crippen molar-refractivity contribution < 1.29 is 17.8 Å². The van der Waals surface area contributed by atoms with E-state index in [1.165, 1.54) is 0 Å². The third-order valence-electron chi connectivity index (χ3n) is 2.52. The van der Waals surface area contributed by atoms with Crippen LogP contribution in [-0.4, -0.2) is 13.0 Å². The zero-order valence-corrected chi connectivity index (χ0v) is 10.5. The largest absolute Gasteiger partial charge is 0.427 e. The van der Waals surface area contributed by atoms with E-state index in [0.29, 0.717) is 13.0 Å². The van der Waals surface area contributed by atoms with E-state index < -0.39 is 24.9 Å². The Morgan fingerprint density at radius 1 is 0.700 bits per heavy atom. The summed E-state index contributed by atoms with van der Waals surface area (Å²) < 4.78 is 28.6. The maximum atomic E-state index is 13.2. The van der Waals surface area contributed by atoms with Crippen molar-refractivity contribution in [3.63, 3.8) is 0 Å². The molecule has 0 unspecified atom stereocenters. The fraction of sp³-hybridized carbons (Fsp3) is 0. The molecule has 0 saturated heterocycles. The third kappa shape index (κ3) is 1.51. The first-order valence-corrected chi connectivity index (χ1v) is 6.72. The van der Waals surface area contributed by atoms with E-state index in [4.69, 9.17) is 0 Å². The molecule has 3 rings (SSSR count). The molecular formula is C9H6N3O7P. The molecule has 10 nitrogen and oxygen atoms in total. The highest BCUT2D eigenvalue weighted by atomic mass is 31.2. The van der Waals surface area contributed by atoms with Crippen LogP contribution >= 0.6 is 7.59 Å². The standard InChI is InChI=1S/C9H6N3O7P/c13-7-10(1-4-17-7)20(16,11-2-5-18-8(11)14)12-3-6-19-9(12)15/h1-6H. The van der Waals surface area contributed by atoms with Gasteiger partial charge >= 0.3 is 24.9 Å². The van der Waals surface area contributed by atoms with Gasteiger partial charge in [0.25, 0.3) is 0 Å². The summed E-state index contributed by atoms with van der Waals surface area (Å²) in [4.78, 5) is 34.8. The van der Waals surface area contributed by atoms with Gasteiger partial charge in [-0.25, -0.2) is 18.9 Å². The molecule has 3 aromatic heterocycles. The molecule has 0 spiro atoms. The van der Waals surface area contributed by atoms with Crippen LogP contribution in [0.2, 0.25) is 0 Å². The number of hydrogen-bond acceptors (Lipinski definition) is 7. The molecule has 0 atom stereocenters. The zero-order chi connectivity index (χ0) is 14.3. The summed E-state index contributed by atoms with van der Waals surface area (Å²) in [7, 11) is -4.21. The molecule has 0 aromatic carbocycles.